The van der Waals surface area contributed by atoms with Crippen molar-refractivity contribution in [2.75, 3.05) is 27.3 Å². The third-order valence-corrected chi connectivity index (χ3v) is 4.45. The summed E-state index contributed by atoms with van der Waals surface area (Å²) in [6, 6.07) is 2.57. The van der Waals surface area contributed by atoms with E-state index < -0.39 is 17.7 Å². The minimum atomic E-state index is -0.967. The van der Waals surface area contributed by atoms with Gasteiger partial charge >= 0.3 is 6.03 Å². The lowest BCUT2D eigenvalue weighted by atomic mass is 10.1. The van der Waals surface area contributed by atoms with Crippen molar-refractivity contribution in [1.29, 1.82) is 0 Å². The molecule has 0 heterocycles. The average Bonchev–Trinajstić information content (AvgIpc) is 2.94. The number of hydrogen-bond acceptors (Lipinski definition) is 3. The maximum absolute atomic E-state index is 13.4. The highest BCUT2D eigenvalue weighted by molar-refractivity contribution is 5.74. The van der Waals surface area contributed by atoms with Gasteiger partial charge in [-0.25, -0.2) is 13.6 Å². The summed E-state index contributed by atoms with van der Waals surface area (Å²) in [7, 11) is 3.12. The summed E-state index contributed by atoms with van der Waals surface area (Å²) in [6.45, 7) is 0.585. The van der Waals surface area contributed by atoms with E-state index in [0.29, 0.717) is 12.1 Å². The lowest BCUT2D eigenvalue weighted by Crippen LogP contribution is -2.43. The Hall–Kier alpha value is -1.73. The Bertz CT molecular complexity index is 571. The van der Waals surface area contributed by atoms with Gasteiger partial charge in [0.15, 0.2) is 11.6 Å². The zero-order valence-electron chi connectivity index (χ0n) is 14.0. The minimum Gasteiger partial charge on any atom is -0.393 e. The highest BCUT2D eigenvalue weighted by Crippen LogP contribution is 2.26. The van der Waals surface area contributed by atoms with Gasteiger partial charge in [0, 0.05) is 26.6 Å². The molecule has 1 aromatic carbocycles. The second-order valence-electron chi connectivity index (χ2n) is 6.27. The van der Waals surface area contributed by atoms with Crippen molar-refractivity contribution in [3.05, 3.63) is 35.4 Å². The molecule has 2 amide bonds. The van der Waals surface area contributed by atoms with Crippen LogP contribution in [0.2, 0.25) is 0 Å². The second kappa shape index (κ2) is 8.39. The molecule has 7 heteroatoms. The van der Waals surface area contributed by atoms with Gasteiger partial charge < -0.3 is 20.1 Å². The number of urea groups is 1. The number of nitrogens with zero attached hydrogens (tertiary/aromatic N) is 1. The molecule has 0 radical (unpaired) electrons. The Morgan fingerprint density at radius 2 is 2.17 bits per heavy atom. The molecule has 3 atom stereocenters. The van der Waals surface area contributed by atoms with Crippen molar-refractivity contribution < 1.29 is 23.4 Å². The van der Waals surface area contributed by atoms with E-state index in [1.807, 2.05) is 0 Å². The highest BCUT2D eigenvalue weighted by Gasteiger charge is 2.28. The molecule has 0 aromatic heterocycles. The monoisotopic (exact) mass is 342 g/mol. The summed E-state index contributed by atoms with van der Waals surface area (Å²) < 4.78 is 31.6. The molecule has 2 N–H and O–H groups in total. The van der Waals surface area contributed by atoms with Crippen LogP contribution in [0.5, 0.6) is 0 Å². The van der Waals surface area contributed by atoms with Crippen molar-refractivity contribution in [3.8, 4) is 0 Å². The molecule has 5 nitrogen and oxygen atoms in total. The van der Waals surface area contributed by atoms with Crippen molar-refractivity contribution in [2.45, 2.75) is 31.4 Å². The summed E-state index contributed by atoms with van der Waals surface area (Å²) in [6.07, 6.45) is 2.24. The summed E-state index contributed by atoms with van der Waals surface area (Å²) in [4.78, 5) is 13.9. The molecule has 1 aliphatic rings. The van der Waals surface area contributed by atoms with Crippen LogP contribution in [0.15, 0.2) is 18.2 Å². The molecule has 1 aromatic rings. The van der Waals surface area contributed by atoms with Crippen LogP contribution in [0.1, 0.15) is 30.9 Å². The van der Waals surface area contributed by atoms with E-state index in [2.05, 4.69) is 5.32 Å². The number of carbonyl (C=O) groups is 1. The Labute approximate surface area is 140 Å². The van der Waals surface area contributed by atoms with Gasteiger partial charge in [0.1, 0.15) is 0 Å². The number of rotatable bonds is 6. The van der Waals surface area contributed by atoms with Crippen LogP contribution in [-0.4, -0.2) is 49.5 Å². The van der Waals surface area contributed by atoms with E-state index in [9.17, 15) is 18.7 Å². The lowest BCUT2D eigenvalue weighted by molar-refractivity contribution is 0.111. The number of amides is 2. The zero-order valence-corrected chi connectivity index (χ0v) is 14.0. The highest BCUT2D eigenvalue weighted by atomic mass is 19.2. The van der Waals surface area contributed by atoms with Crippen molar-refractivity contribution in [1.82, 2.24) is 10.2 Å². The van der Waals surface area contributed by atoms with E-state index in [-0.39, 0.29) is 24.7 Å². The summed E-state index contributed by atoms with van der Waals surface area (Å²) in [5.74, 6) is -1.83. The average molecular weight is 342 g/mol. The van der Waals surface area contributed by atoms with Gasteiger partial charge in [-0.1, -0.05) is 12.5 Å². The number of nitrogens with one attached hydrogen (secondary N) is 1. The Morgan fingerprint density at radius 1 is 1.42 bits per heavy atom. The quantitative estimate of drug-likeness (QED) is 0.835. The number of carbonyl (C=O) groups excluding carboxylic acids is 1. The number of halogens is 2. The van der Waals surface area contributed by atoms with E-state index >= 15 is 0 Å². The van der Waals surface area contributed by atoms with Gasteiger partial charge in [0.05, 0.1) is 18.8 Å². The Morgan fingerprint density at radius 3 is 2.75 bits per heavy atom. The third kappa shape index (κ3) is 4.64. The predicted molar refractivity (Wildman–Crippen MR) is 85.5 cm³/mol. The molecule has 0 aliphatic heterocycles. The van der Waals surface area contributed by atoms with Gasteiger partial charge in [0.25, 0.3) is 0 Å². The Balaban J connectivity index is 2.00. The lowest BCUT2D eigenvalue weighted by Gasteiger charge is -2.26. The number of benzene rings is 1. The summed E-state index contributed by atoms with van der Waals surface area (Å²) in [5.41, 5.74) is 0.429. The van der Waals surface area contributed by atoms with Crippen LogP contribution >= 0.6 is 0 Å². The summed E-state index contributed by atoms with van der Waals surface area (Å²) in [5, 5.41) is 12.6. The molecule has 3 unspecified atom stereocenters. The van der Waals surface area contributed by atoms with Crippen molar-refractivity contribution in [2.24, 2.45) is 5.92 Å². The number of methoxy groups -OCH3 is 1. The number of ether oxygens (including phenoxy) is 1. The van der Waals surface area contributed by atoms with Gasteiger partial charge in [0.2, 0.25) is 0 Å². The van der Waals surface area contributed by atoms with Gasteiger partial charge in [-0.05, 0) is 30.5 Å². The molecule has 2 rings (SSSR count). The SMILES string of the molecule is COCC(NC(=O)N(C)CC1CCCC1O)c1ccc(F)c(F)c1. The topological polar surface area (TPSA) is 61.8 Å². The van der Waals surface area contributed by atoms with Crippen LogP contribution < -0.4 is 5.32 Å². The zero-order chi connectivity index (χ0) is 17.7. The standard InChI is InChI=1S/C17H24F2N2O3/c1-21(9-12-4-3-5-16(12)22)17(23)20-15(10-24-2)11-6-7-13(18)14(19)8-11/h6-8,12,15-16,22H,3-5,9-10H2,1-2H3,(H,20,23). The molecule has 0 saturated heterocycles. The van der Waals surface area contributed by atoms with Gasteiger partial charge in [-0.15, -0.1) is 0 Å². The molecule has 1 fully saturated rings. The number of hydrogen-bond donors (Lipinski definition) is 2. The van der Waals surface area contributed by atoms with Crippen LogP contribution in [0.25, 0.3) is 0 Å². The first kappa shape index (κ1) is 18.6. The first-order valence-electron chi connectivity index (χ1n) is 8.06. The molecule has 1 saturated carbocycles. The molecule has 24 heavy (non-hydrogen) atoms. The fourth-order valence-corrected chi connectivity index (χ4v) is 3.04. The van der Waals surface area contributed by atoms with Crippen molar-refractivity contribution >= 4 is 6.03 Å². The summed E-state index contributed by atoms with van der Waals surface area (Å²) >= 11 is 0. The normalized spacial score (nSPS) is 21.5. The van der Waals surface area contributed by atoms with E-state index in [4.69, 9.17) is 4.74 Å². The molecule has 0 bridgehead atoms. The van der Waals surface area contributed by atoms with Gasteiger partial charge in [-0.3, -0.25) is 0 Å². The number of aliphatic hydroxyl groups excluding tert-OH is 1. The van der Waals surface area contributed by atoms with Crippen LogP contribution in [0, 0.1) is 17.6 Å². The fourth-order valence-electron chi connectivity index (χ4n) is 3.04. The van der Waals surface area contributed by atoms with E-state index in [1.54, 1.807) is 7.05 Å². The van der Waals surface area contributed by atoms with Crippen LogP contribution in [0.3, 0.4) is 0 Å². The minimum absolute atomic E-state index is 0.0740. The van der Waals surface area contributed by atoms with Crippen LogP contribution in [0.4, 0.5) is 13.6 Å². The molecule has 134 valence electrons. The first-order chi connectivity index (χ1) is 11.4. The van der Waals surface area contributed by atoms with Crippen LogP contribution in [-0.2, 0) is 4.74 Å². The predicted octanol–water partition coefficient (Wildman–Crippen LogP) is 2.45. The fraction of sp³-hybridized carbons (Fsp3) is 0.588. The van der Waals surface area contributed by atoms with Gasteiger partial charge in [-0.2, -0.15) is 0 Å². The largest absolute Gasteiger partial charge is 0.393 e. The molecule has 0 spiro atoms. The second-order valence-corrected chi connectivity index (χ2v) is 6.27. The molecule has 1 aliphatic carbocycles. The smallest absolute Gasteiger partial charge is 0.317 e. The first-order valence-corrected chi connectivity index (χ1v) is 8.06. The Kier molecular flexibility index (Phi) is 6.51. The van der Waals surface area contributed by atoms with E-state index in [0.717, 1.165) is 31.4 Å². The molecular weight excluding hydrogens is 318 g/mol. The van der Waals surface area contributed by atoms with E-state index in [1.165, 1.54) is 18.1 Å². The number of aliphatic hydroxyl groups is 1. The van der Waals surface area contributed by atoms with Crippen molar-refractivity contribution in [3.63, 3.8) is 0 Å². The maximum Gasteiger partial charge on any atom is 0.317 e. The third-order valence-electron chi connectivity index (χ3n) is 4.45. The maximum atomic E-state index is 13.4. The molecular formula is C17H24F2N2O3.